The fourth-order valence-corrected chi connectivity index (χ4v) is 2.74. The van der Waals surface area contributed by atoms with Gasteiger partial charge in [0.05, 0.1) is 0 Å². The minimum Gasteiger partial charge on any atom is -0.482 e. The fourth-order valence-electron chi connectivity index (χ4n) is 2.74. The molecular formula is C18H24N2O5. The summed E-state index contributed by atoms with van der Waals surface area (Å²) < 4.78 is 9.99. The van der Waals surface area contributed by atoms with Crippen LogP contribution in [0.4, 0.5) is 4.79 Å². The first kappa shape index (κ1) is 18.8. The van der Waals surface area contributed by atoms with Gasteiger partial charge in [-0.2, -0.15) is 0 Å². The lowest BCUT2D eigenvalue weighted by atomic mass is 9.86. The number of esters is 1. The minimum absolute atomic E-state index is 0.0726. The molecule has 0 spiro atoms. The predicted molar refractivity (Wildman–Crippen MR) is 91.0 cm³/mol. The van der Waals surface area contributed by atoms with Gasteiger partial charge in [0, 0.05) is 6.04 Å². The maximum atomic E-state index is 11.8. The second-order valence-electron chi connectivity index (χ2n) is 6.15. The topological polar surface area (TPSA) is 93.7 Å². The number of ether oxygens (including phenoxy) is 2. The molecule has 25 heavy (non-hydrogen) atoms. The molecule has 1 aromatic rings. The Bertz CT molecular complexity index is 590. The SMILES string of the molecule is CC1CCCCC1NC(=O)NC(=O)COC(=O)COc1ccccc1. The normalized spacial score (nSPS) is 19.6. The predicted octanol–water partition coefficient (Wildman–Crippen LogP) is 2.01. The minimum atomic E-state index is -0.680. The molecule has 0 saturated heterocycles. The molecule has 0 heterocycles. The van der Waals surface area contributed by atoms with Gasteiger partial charge in [0.15, 0.2) is 13.2 Å². The molecule has 0 aromatic heterocycles. The van der Waals surface area contributed by atoms with Gasteiger partial charge in [-0.1, -0.05) is 38.0 Å². The van der Waals surface area contributed by atoms with Crippen molar-refractivity contribution in [1.29, 1.82) is 0 Å². The van der Waals surface area contributed by atoms with Gasteiger partial charge in [-0.3, -0.25) is 10.1 Å². The van der Waals surface area contributed by atoms with Gasteiger partial charge in [0.25, 0.3) is 5.91 Å². The van der Waals surface area contributed by atoms with Crippen molar-refractivity contribution in [2.75, 3.05) is 13.2 Å². The average Bonchev–Trinajstić information content (AvgIpc) is 2.61. The van der Waals surface area contributed by atoms with Gasteiger partial charge in [0.1, 0.15) is 5.75 Å². The van der Waals surface area contributed by atoms with E-state index in [1.54, 1.807) is 24.3 Å². The van der Waals surface area contributed by atoms with Crippen LogP contribution in [-0.4, -0.2) is 37.2 Å². The first-order valence-corrected chi connectivity index (χ1v) is 8.48. The summed E-state index contributed by atoms with van der Waals surface area (Å²) in [6, 6.07) is 8.31. The lowest BCUT2D eigenvalue weighted by Crippen LogP contribution is -2.48. The zero-order valence-electron chi connectivity index (χ0n) is 14.3. The summed E-state index contributed by atoms with van der Waals surface area (Å²) in [5.74, 6) is -0.429. The van der Waals surface area contributed by atoms with E-state index in [2.05, 4.69) is 17.6 Å². The highest BCUT2D eigenvalue weighted by molar-refractivity contribution is 5.95. The van der Waals surface area contributed by atoms with Crippen molar-refractivity contribution in [3.05, 3.63) is 30.3 Å². The quantitative estimate of drug-likeness (QED) is 0.767. The smallest absolute Gasteiger partial charge is 0.344 e. The molecule has 1 saturated carbocycles. The van der Waals surface area contributed by atoms with E-state index in [0.29, 0.717) is 11.7 Å². The van der Waals surface area contributed by atoms with Gasteiger partial charge in [-0.15, -0.1) is 0 Å². The van der Waals surface area contributed by atoms with Crippen molar-refractivity contribution < 1.29 is 23.9 Å². The molecule has 1 fully saturated rings. The standard InChI is InChI=1S/C18H24N2O5/c1-13-7-5-6-10-15(13)19-18(23)20-16(21)11-25-17(22)12-24-14-8-3-2-4-9-14/h2-4,8-9,13,15H,5-7,10-12H2,1H3,(H2,19,20,21,23). The van der Waals surface area contributed by atoms with Crippen LogP contribution in [0.25, 0.3) is 0 Å². The fraction of sp³-hybridized carbons (Fsp3) is 0.500. The monoisotopic (exact) mass is 348 g/mol. The van der Waals surface area contributed by atoms with Crippen LogP contribution >= 0.6 is 0 Å². The van der Waals surface area contributed by atoms with Crippen LogP contribution in [0, 0.1) is 5.92 Å². The van der Waals surface area contributed by atoms with E-state index in [9.17, 15) is 14.4 Å². The Balaban J connectivity index is 1.62. The van der Waals surface area contributed by atoms with Gasteiger partial charge >= 0.3 is 12.0 Å². The van der Waals surface area contributed by atoms with Gasteiger partial charge in [-0.05, 0) is 30.9 Å². The summed E-state index contributed by atoms with van der Waals surface area (Å²) in [4.78, 5) is 35.0. The number of amides is 3. The number of nitrogens with one attached hydrogen (secondary N) is 2. The molecule has 0 radical (unpaired) electrons. The van der Waals surface area contributed by atoms with E-state index in [1.807, 2.05) is 6.07 Å². The molecule has 7 heteroatoms. The molecule has 2 rings (SSSR count). The number of para-hydroxylation sites is 1. The van der Waals surface area contributed by atoms with Crippen molar-refractivity contribution in [2.24, 2.45) is 5.92 Å². The van der Waals surface area contributed by atoms with Crippen molar-refractivity contribution in [1.82, 2.24) is 10.6 Å². The average molecular weight is 348 g/mol. The maximum absolute atomic E-state index is 11.8. The molecule has 7 nitrogen and oxygen atoms in total. The molecule has 2 N–H and O–H groups in total. The highest BCUT2D eigenvalue weighted by Crippen LogP contribution is 2.23. The van der Waals surface area contributed by atoms with Gasteiger partial charge < -0.3 is 14.8 Å². The van der Waals surface area contributed by atoms with E-state index in [-0.39, 0.29) is 12.6 Å². The largest absolute Gasteiger partial charge is 0.482 e. The highest BCUT2D eigenvalue weighted by Gasteiger charge is 2.23. The van der Waals surface area contributed by atoms with Crippen molar-refractivity contribution in [3.8, 4) is 5.75 Å². The van der Waals surface area contributed by atoms with E-state index >= 15 is 0 Å². The van der Waals surface area contributed by atoms with E-state index in [1.165, 1.54) is 6.42 Å². The van der Waals surface area contributed by atoms with E-state index in [4.69, 9.17) is 9.47 Å². The Kier molecular flexibility index (Phi) is 7.25. The molecule has 1 aliphatic carbocycles. The molecular weight excluding hydrogens is 324 g/mol. The highest BCUT2D eigenvalue weighted by atomic mass is 16.6. The summed E-state index contributed by atoms with van der Waals surface area (Å²) in [5.41, 5.74) is 0. The van der Waals surface area contributed by atoms with Crippen LogP contribution in [-0.2, 0) is 14.3 Å². The van der Waals surface area contributed by atoms with Crippen LogP contribution in [0.3, 0.4) is 0 Å². The number of imide groups is 1. The second-order valence-corrected chi connectivity index (χ2v) is 6.15. The van der Waals surface area contributed by atoms with Crippen LogP contribution in [0.15, 0.2) is 30.3 Å². The third-order valence-corrected chi connectivity index (χ3v) is 4.15. The molecule has 2 unspecified atom stereocenters. The lowest BCUT2D eigenvalue weighted by molar-refractivity contribution is -0.150. The van der Waals surface area contributed by atoms with Crippen LogP contribution < -0.4 is 15.4 Å². The van der Waals surface area contributed by atoms with E-state index in [0.717, 1.165) is 19.3 Å². The molecule has 0 aliphatic heterocycles. The number of hydrogen-bond acceptors (Lipinski definition) is 5. The Morgan fingerprint density at radius 2 is 1.80 bits per heavy atom. The Morgan fingerprint density at radius 3 is 2.52 bits per heavy atom. The van der Waals surface area contributed by atoms with Gasteiger partial charge in [0.2, 0.25) is 0 Å². The number of carbonyl (C=O) groups is 3. The zero-order chi connectivity index (χ0) is 18.1. The van der Waals surface area contributed by atoms with Crippen molar-refractivity contribution >= 4 is 17.9 Å². The zero-order valence-corrected chi connectivity index (χ0v) is 14.3. The Morgan fingerprint density at radius 1 is 1.08 bits per heavy atom. The first-order valence-electron chi connectivity index (χ1n) is 8.48. The summed E-state index contributed by atoms with van der Waals surface area (Å²) in [6.45, 7) is 1.26. The molecule has 2 atom stereocenters. The number of urea groups is 1. The molecule has 1 aliphatic rings. The molecule has 0 bridgehead atoms. The second kappa shape index (κ2) is 9.66. The van der Waals surface area contributed by atoms with Gasteiger partial charge in [-0.25, -0.2) is 9.59 Å². The molecule has 3 amide bonds. The summed E-state index contributed by atoms with van der Waals surface area (Å²) in [5, 5.41) is 4.97. The number of benzene rings is 1. The summed E-state index contributed by atoms with van der Waals surface area (Å²) in [7, 11) is 0. The van der Waals surface area contributed by atoms with Crippen LogP contribution in [0.2, 0.25) is 0 Å². The number of rotatable bonds is 6. The first-order chi connectivity index (χ1) is 12.0. The summed E-state index contributed by atoms with van der Waals surface area (Å²) >= 11 is 0. The Hall–Kier alpha value is -2.57. The van der Waals surface area contributed by atoms with E-state index < -0.39 is 24.5 Å². The molecule has 1 aromatic carbocycles. The summed E-state index contributed by atoms with van der Waals surface area (Å²) in [6.07, 6.45) is 4.22. The number of hydrogen-bond donors (Lipinski definition) is 2. The third kappa shape index (κ3) is 6.82. The van der Waals surface area contributed by atoms with Crippen molar-refractivity contribution in [2.45, 2.75) is 38.6 Å². The van der Waals surface area contributed by atoms with Crippen LogP contribution in [0.5, 0.6) is 5.75 Å². The third-order valence-electron chi connectivity index (χ3n) is 4.15. The van der Waals surface area contributed by atoms with Crippen LogP contribution in [0.1, 0.15) is 32.6 Å². The maximum Gasteiger partial charge on any atom is 0.344 e. The molecule has 136 valence electrons. The van der Waals surface area contributed by atoms with Crippen molar-refractivity contribution in [3.63, 3.8) is 0 Å². The number of carbonyl (C=O) groups excluding carboxylic acids is 3. The Labute approximate surface area is 147 Å². The lowest BCUT2D eigenvalue weighted by Gasteiger charge is -2.29.